The molecule has 2 aromatic rings. The third kappa shape index (κ3) is 2.46. The van der Waals surface area contributed by atoms with Gasteiger partial charge in [0.15, 0.2) is 0 Å². The van der Waals surface area contributed by atoms with Gasteiger partial charge < -0.3 is 10.6 Å². The standard InChI is InChI=1S/C15H22N4S/c1-3-10-6-5-7-19(9-10)13-12-8-11(4-2)20-14(12)18-15(16)17-13/h8,10H,3-7,9H2,1-2H3,(H2,16,17,18). The SMILES string of the molecule is CCc1cc2c(N3CCCC(CC)C3)nc(N)nc2s1. The first-order valence-corrected chi connectivity index (χ1v) is 8.33. The minimum absolute atomic E-state index is 0.399. The van der Waals surface area contributed by atoms with Gasteiger partial charge in [-0.25, -0.2) is 4.98 Å². The zero-order valence-electron chi connectivity index (χ0n) is 12.2. The summed E-state index contributed by atoms with van der Waals surface area (Å²) < 4.78 is 0. The molecule has 108 valence electrons. The van der Waals surface area contributed by atoms with Crippen molar-refractivity contribution in [2.24, 2.45) is 5.92 Å². The summed E-state index contributed by atoms with van der Waals surface area (Å²) in [6.45, 7) is 6.63. The molecule has 5 heteroatoms. The van der Waals surface area contributed by atoms with Crippen molar-refractivity contribution < 1.29 is 0 Å². The van der Waals surface area contributed by atoms with Crippen molar-refractivity contribution in [3.8, 4) is 0 Å². The van der Waals surface area contributed by atoms with Crippen molar-refractivity contribution in [2.45, 2.75) is 39.5 Å². The second-order valence-corrected chi connectivity index (χ2v) is 6.67. The summed E-state index contributed by atoms with van der Waals surface area (Å²) in [4.78, 5) is 13.7. The lowest BCUT2D eigenvalue weighted by Crippen LogP contribution is -2.36. The average molecular weight is 290 g/mol. The molecule has 3 rings (SSSR count). The number of fused-ring (bicyclic) bond motifs is 1. The number of aromatic nitrogens is 2. The van der Waals surface area contributed by atoms with Gasteiger partial charge in [-0.15, -0.1) is 11.3 Å². The zero-order valence-corrected chi connectivity index (χ0v) is 13.0. The largest absolute Gasteiger partial charge is 0.368 e. The number of thiophene rings is 1. The monoisotopic (exact) mass is 290 g/mol. The summed E-state index contributed by atoms with van der Waals surface area (Å²) in [6, 6.07) is 2.24. The number of piperidine rings is 1. The van der Waals surface area contributed by atoms with E-state index >= 15 is 0 Å². The van der Waals surface area contributed by atoms with Crippen LogP contribution in [-0.4, -0.2) is 23.1 Å². The molecule has 1 saturated heterocycles. The van der Waals surface area contributed by atoms with Gasteiger partial charge in [0.25, 0.3) is 0 Å². The number of anilines is 2. The first kappa shape index (κ1) is 13.6. The molecular formula is C15H22N4S. The molecule has 0 saturated carbocycles. The van der Waals surface area contributed by atoms with E-state index in [0.29, 0.717) is 5.95 Å². The normalized spacial score (nSPS) is 19.7. The zero-order chi connectivity index (χ0) is 14.1. The maximum Gasteiger partial charge on any atom is 0.223 e. The molecule has 1 aliphatic rings. The van der Waals surface area contributed by atoms with Crippen LogP contribution in [0, 0.1) is 5.92 Å². The minimum atomic E-state index is 0.399. The van der Waals surface area contributed by atoms with Crippen LogP contribution in [0.5, 0.6) is 0 Å². The van der Waals surface area contributed by atoms with Crippen LogP contribution in [-0.2, 0) is 6.42 Å². The molecule has 2 aromatic heterocycles. The van der Waals surface area contributed by atoms with E-state index in [1.54, 1.807) is 11.3 Å². The summed E-state index contributed by atoms with van der Waals surface area (Å²) in [5, 5.41) is 1.18. The quantitative estimate of drug-likeness (QED) is 0.940. The number of nitrogens with zero attached hydrogens (tertiary/aromatic N) is 3. The maximum absolute atomic E-state index is 5.91. The van der Waals surface area contributed by atoms with Crippen molar-refractivity contribution in [1.29, 1.82) is 0 Å². The molecule has 0 amide bonds. The summed E-state index contributed by atoms with van der Waals surface area (Å²) in [5.41, 5.74) is 5.91. The lowest BCUT2D eigenvalue weighted by molar-refractivity contribution is 0.403. The fraction of sp³-hybridized carbons (Fsp3) is 0.600. The van der Waals surface area contributed by atoms with E-state index in [1.807, 2.05) is 0 Å². The van der Waals surface area contributed by atoms with Crippen LogP contribution in [0.4, 0.5) is 11.8 Å². The maximum atomic E-state index is 5.91. The Balaban J connectivity index is 2.03. The molecule has 1 unspecified atom stereocenters. The Morgan fingerprint density at radius 2 is 2.25 bits per heavy atom. The predicted molar refractivity (Wildman–Crippen MR) is 86.4 cm³/mol. The smallest absolute Gasteiger partial charge is 0.223 e. The van der Waals surface area contributed by atoms with Crippen molar-refractivity contribution in [3.05, 3.63) is 10.9 Å². The Bertz CT molecular complexity index is 607. The van der Waals surface area contributed by atoms with Gasteiger partial charge in [-0.1, -0.05) is 20.3 Å². The van der Waals surface area contributed by atoms with E-state index in [1.165, 1.54) is 29.5 Å². The number of nitrogen functional groups attached to an aromatic ring is 1. The van der Waals surface area contributed by atoms with E-state index in [9.17, 15) is 0 Å². The highest BCUT2D eigenvalue weighted by Gasteiger charge is 2.22. The van der Waals surface area contributed by atoms with E-state index in [2.05, 4.69) is 34.8 Å². The van der Waals surface area contributed by atoms with E-state index in [4.69, 9.17) is 5.73 Å². The Labute approximate surface area is 124 Å². The molecule has 0 aromatic carbocycles. The third-order valence-electron chi connectivity index (χ3n) is 4.19. The molecule has 4 nitrogen and oxygen atoms in total. The van der Waals surface area contributed by atoms with Crippen molar-refractivity contribution in [3.63, 3.8) is 0 Å². The van der Waals surface area contributed by atoms with Gasteiger partial charge >= 0.3 is 0 Å². The number of hydrogen-bond donors (Lipinski definition) is 1. The van der Waals surface area contributed by atoms with E-state index in [0.717, 1.165) is 36.1 Å². The highest BCUT2D eigenvalue weighted by Crippen LogP contribution is 2.34. The lowest BCUT2D eigenvalue weighted by atomic mass is 9.95. The lowest BCUT2D eigenvalue weighted by Gasteiger charge is -2.33. The van der Waals surface area contributed by atoms with Crippen LogP contribution in [0.1, 0.15) is 38.0 Å². The Morgan fingerprint density at radius 1 is 1.40 bits per heavy atom. The van der Waals surface area contributed by atoms with Crippen LogP contribution < -0.4 is 10.6 Å². The molecule has 0 spiro atoms. The van der Waals surface area contributed by atoms with Gasteiger partial charge in [-0.2, -0.15) is 4.98 Å². The van der Waals surface area contributed by atoms with Gasteiger partial charge in [0.1, 0.15) is 10.6 Å². The number of aryl methyl sites for hydroxylation is 1. The second-order valence-electron chi connectivity index (χ2n) is 5.55. The minimum Gasteiger partial charge on any atom is -0.368 e. The molecule has 0 radical (unpaired) electrons. The summed E-state index contributed by atoms with van der Waals surface area (Å²) >= 11 is 1.74. The Hall–Kier alpha value is -1.36. The molecule has 3 heterocycles. The highest BCUT2D eigenvalue weighted by molar-refractivity contribution is 7.18. The highest BCUT2D eigenvalue weighted by atomic mass is 32.1. The number of hydrogen-bond acceptors (Lipinski definition) is 5. The molecule has 0 aliphatic carbocycles. The van der Waals surface area contributed by atoms with Crippen LogP contribution in [0.2, 0.25) is 0 Å². The Morgan fingerprint density at radius 3 is 3.00 bits per heavy atom. The number of rotatable bonds is 3. The summed E-state index contributed by atoms with van der Waals surface area (Å²) in [6.07, 6.45) is 4.86. The van der Waals surface area contributed by atoms with Gasteiger partial charge in [0.05, 0.1) is 5.39 Å². The molecule has 1 atom stereocenters. The van der Waals surface area contributed by atoms with E-state index < -0.39 is 0 Å². The van der Waals surface area contributed by atoms with E-state index in [-0.39, 0.29) is 0 Å². The van der Waals surface area contributed by atoms with Gasteiger partial charge in [-0.3, -0.25) is 0 Å². The average Bonchev–Trinajstić information content (AvgIpc) is 2.89. The molecular weight excluding hydrogens is 268 g/mol. The molecule has 0 bridgehead atoms. The van der Waals surface area contributed by atoms with Gasteiger partial charge in [0, 0.05) is 18.0 Å². The van der Waals surface area contributed by atoms with Gasteiger partial charge in [0.2, 0.25) is 5.95 Å². The number of nitrogens with two attached hydrogens (primary N) is 1. The predicted octanol–water partition coefficient (Wildman–Crippen LogP) is 3.46. The Kier molecular flexibility index (Phi) is 3.78. The fourth-order valence-electron chi connectivity index (χ4n) is 2.98. The third-order valence-corrected chi connectivity index (χ3v) is 5.36. The first-order chi connectivity index (χ1) is 9.71. The molecule has 1 fully saturated rings. The topological polar surface area (TPSA) is 55.0 Å². The van der Waals surface area contributed by atoms with Crippen LogP contribution in [0.3, 0.4) is 0 Å². The van der Waals surface area contributed by atoms with Crippen LogP contribution in [0.15, 0.2) is 6.07 Å². The van der Waals surface area contributed by atoms with Crippen molar-refractivity contribution in [1.82, 2.24) is 9.97 Å². The summed E-state index contributed by atoms with van der Waals surface area (Å²) in [7, 11) is 0. The fourth-order valence-corrected chi connectivity index (χ4v) is 3.95. The molecule has 1 aliphatic heterocycles. The molecule has 20 heavy (non-hydrogen) atoms. The van der Waals surface area contributed by atoms with Crippen LogP contribution >= 0.6 is 11.3 Å². The first-order valence-electron chi connectivity index (χ1n) is 7.52. The second kappa shape index (κ2) is 5.56. The van der Waals surface area contributed by atoms with Crippen molar-refractivity contribution >= 4 is 33.3 Å². The van der Waals surface area contributed by atoms with Gasteiger partial charge in [-0.05, 0) is 31.2 Å². The van der Waals surface area contributed by atoms with Crippen molar-refractivity contribution in [2.75, 3.05) is 23.7 Å². The molecule has 2 N–H and O–H groups in total. The summed E-state index contributed by atoms with van der Waals surface area (Å²) in [5.74, 6) is 2.22. The van der Waals surface area contributed by atoms with Crippen LogP contribution in [0.25, 0.3) is 10.2 Å².